The minimum Gasteiger partial charge on any atom is -0.487 e. The van der Waals surface area contributed by atoms with Crippen molar-refractivity contribution in [2.75, 3.05) is 19.6 Å². The monoisotopic (exact) mass is 300 g/mol. The first-order chi connectivity index (χ1) is 9.52. The topological polar surface area (TPSA) is 72.6 Å². The molecule has 5 nitrogen and oxygen atoms in total. The second kappa shape index (κ2) is 4.98. The van der Waals surface area contributed by atoms with E-state index in [9.17, 15) is 12.8 Å². The number of fused-ring (bicyclic) bond motifs is 1. The van der Waals surface area contributed by atoms with Crippen molar-refractivity contribution in [1.29, 1.82) is 0 Å². The maximum absolute atomic E-state index is 13.7. The molecule has 0 spiro atoms. The lowest BCUT2D eigenvalue weighted by atomic mass is 10.1. The highest BCUT2D eigenvalue weighted by Crippen LogP contribution is 2.38. The fourth-order valence-electron chi connectivity index (χ4n) is 2.75. The lowest BCUT2D eigenvalue weighted by molar-refractivity contribution is 0.235. The van der Waals surface area contributed by atoms with Crippen molar-refractivity contribution >= 4 is 10.0 Å². The van der Waals surface area contributed by atoms with Gasteiger partial charge in [0, 0.05) is 31.6 Å². The van der Waals surface area contributed by atoms with Crippen LogP contribution in [0.25, 0.3) is 0 Å². The van der Waals surface area contributed by atoms with E-state index >= 15 is 0 Å². The van der Waals surface area contributed by atoms with Gasteiger partial charge in [0.05, 0.1) is 0 Å². The molecule has 110 valence electrons. The van der Waals surface area contributed by atoms with Crippen LogP contribution >= 0.6 is 0 Å². The Morgan fingerprint density at radius 2 is 2.05 bits per heavy atom. The first-order valence-electron chi connectivity index (χ1n) is 6.71. The van der Waals surface area contributed by atoms with Crippen molar-refractivity contribution in [1.82, 2.24) is 4.31 Å². The molecule has 2 aliphatic rings. The maximum atomic E-state index is 13.7. The summed E-state index contributed by atoms with van der Waals surface area (Å²) in [5.74, 6) is -0.281. The van der Waals surface area contributed by atoms with E-state index < -0.39 is 15.8 Å². The summed E-state index contributed by atoms with van der Waals surface area (Å²) in [7, 11) is -3.69. The molecular weight excluding hydrogens is 283 g/mol. The van der Waals surface area contributed by atoms with E-state index in [4.69, 9.17) is 10.5 Å². The Kier molecular flexibility index (Phi) is 3.43. The number of nitrogens with two attached hydrogens (primary N) is 1. The van der Waals surface area contributed by atoms with Crippen LogP contribution < -0.4 is 10.5 Å². The van der Waals surface area contributed by atoms with Crippen LogP contribution in [0.4, 0.5) is 4.39 Å². The molecule has 1 saturated heterocycles. The Morgan fingerprint density at radius 3 is 2.70 bits per heavy atom. The fourth-order valence-corrected chi connectivity index (χ4v) is 4.44. The summed E-state index contributed by atoms with van der Waals surface area (Å²) in [6.07, 6.45) is 1.84. The molecule has 0 radical (unpaired) electrons. The van der Waals surface area contributed by atoms with Gasteiger partial charge in [-0.2, -0.15) is 4.31 Å². The molecule has 1 unspecified atom stereocenters. The molecule has 20 heavy (non-hydrogen) atoms. The van der Waals surface area contributed by atoms with Crippen molar-refractivity contribution in [3.8, 4) is 5.75 Å². The molecule has 2 heterocycles. The van der Waals surface area contributed by atoms with E-state index in [-0.39, 0.29) is 23.3 Å². The summed E-state index contributed by atoms with van der Waals surface area (Å²) in [6, 6.07) is 2.37. The van der Waals surface area contributed by atoms with Crippen molar-refractivity contribution < 1.29 is 17.5 Å². The molecule has 2 N–H and O–H groups in total. The van der Waals surface area contributed by atoms with Crippen molar-refractivity contribution in [2.45, 2.75) is 30.3 Å². The molecule has 3 rings (SSSR count). The quantitative estimate of drug-likeness (QED) is 0.899. The molecule has 0 aromatic heterocycles. The van der Waals surface area contributed by atoms with E-state index in [0.717, 1.165) is 18.9 Å². The number of nitrogens with zero attached hydrogens (tertiary/aromatic N) is 1. The molecule has 1 fully saturated rings. The molecule has 7 heteroatoms. The molecule has 1 aromatic carbocycles. The SMILES string of the molecule is NCC1Cc2cc(F)cc(S(=O)(=O)N3CCCC3)c2O1. The van der Waals surface area contributed by atoms with Crippen LogP contribution in [0.3, 0.4) is 0 Å². The highest BCUT2D eigenvalue weighted by atomic mass is 32.2. The van der Waals surface area contributed by atoms with Crippen molar-refractivity contribution in [3.63, 3.8) is 0 Å². The van der Waals surface area contributed by atoms with Crippen LogP contribution in [0.1, 0.15) is 18.4 Å². The van der Waals surface area contributed by atoms with E-state index in [1.54, 1.807) is 0 Å². The van der Waals surface area contributed by atoms with Gasteiger partial charge in [-0.15, -0.1) is 0 Å². The number of benzene rings is 1. The van der Waals surface area contributed by atoms with Crippen molar-refractivity contribution in [3.05, 3.63) is 23.5 Å². The van der Waals surface area contributed by atoms with Gasteiger partial charge in [-0.25, -0.2) is 12.8 Å². The van der Waals surface area contributed by atoms with Crippen LogP contribution in [-0.4, -0.2) is 38.5 Å². The predicted molar refractivity (Wildman–Crippen MR) is 71.6 cm³/mol. The lowest BCUT2D eigenvalue weighted by Crippen LogP contribution is -2.29. The van der Waals surface area contributed by atoms with Crippen LogP contribution in [0.5, 0.6) is 5.75 Å². The lowest BCUT2D eigenvalue weighted by Gasteiger charge is -2.18. The predicted octanol–water partition coefficient (Wildman–Crippen LogP) is 0.872. The Hall–Kier alpha value is -1.18. The number of hydrogen-bond acceptors (Lipinski definition) is 4. The first-order valence-corrected chi connectivity index (χ1v) is 8.15. The van der Waals surface area contributed by atoms with Crippen LogP contribution in [-0.2, 0) is 16.4 Å². The van der Waals surface area contributed by atoms with Gasteiger partial charge in [0.2, 0.25) is 10.0 Å². The van der Waals surface area contributed by atoms with Gasteiger partial charge in [0.15, 0.2) is 0 Å². The largest absolute Gasteiger partial charge is 0.487 e. The summed E-state index contributed by atoms with van der Waals surface area (Å²) < 4.78 is 45.9. The highest BCUT2D eigenvalue weighted by molar-refractivity contribution is 7.89. The van der Waals surface area contributed by atoms with E-state index in [1.165, 1.54) is 10.4 Å². The van der Waals surface area contributed by atoms with Crippen molar-refractivity contribution in [2.24, 2.45) is 5.73 Å². The summed E-state index contributed by atoms with van der Waals surface area (Å²) in [5.41, 5.74) is 6.14. The summed E-state index contributed by atoms with van der Waals surface area (Å²) in [5, 5.41) is 0. The Bertz CT molecular complexity index is 627. The number of hydrogen-bond donors (Lipinski definition) is 1. The van der Waals surface area contributed by atoms with E-state index in [2.05, 4.69) is 0 Å². The molecule has 1 atom stereocenters. The van der Waals surface area contributed by atoms with Crippen LogP contribution in [0.15, 0.2) is 17.0 Å². The Balaban J connectivity index is 2.06. The standard InChI is InChI=1S/C13H17FN2O3S/c14-10-5-9-6-11(8-15)19-13(9)12(7-10)20(17,18)16-3-1-2-4-16/h5,7,11H,1-4,6,8,15H2. The second-order valence-corrected chi connectivity index (χ2v) is 7.09. The number of halogens is 1. The van der Waals surface area contributed by atoms with Crippen LogP contribution in [0, 0.1) is 5.82 Å². The third-order valence-electron chi connectivity index (χ3n) is 3.77. The zero-order valence-corrected chi connectivity index (χ0v) is 11.8. The zero-order valence-electron chi connectivity index (χ0n) is 11.0. The van der Waals surface area contributed by atoms with Gasteiger partial charge in [0.25, 0.3) is 0 Å². The third kappa shape index (κ3) is 2.19. The second-order valence-electron chi connectivity index (χ2n) is 5.18. The summed E-state index contributed by atoms with van der Waals surface area (Å²) in [4.78, 5) is -0.0645. The summed E-state index contributed by atoms with van der Waals surface area (Å²) in [6.45, 7) is 1.24. The smallest absolute Gasteiger partial charge is 0.246 e. The van der Waals surface area contributed by atoms with E-state index in [1.807, 2.05) is 0 Å². The third-order valence-corrected chi connectivity index (χ3v) is 5.68. The molecule has 2 aliphatic heterocycles. The summed E-state index contributed by atoms with van der Waals surface area (Å²) >= 11 is 0. The van der Waals surface area contributed by atoms with Gasteiger partial charge < -0.3 is 10.5 Å². The number of rotatable bonds is 3. The van der Waals surface area contributed by atoms with Gasteiger partial charge >= 0.3 is 0 Å². The number of ether oxygens (including phenoxy) is 1. The van der Waals surface area contributed by atoms with Gasteiger partial charge in [-0.3, -0.25) is 0 Å². The van der Waals surface area contributed by atoms with E-state index in [0.29, 0.717) is 25.1 Å². The minimum absolute atomic E-state index is 0.0645. The minimum atomic E-state index is -3.69. The molecule has 0 bridgehead atoms. The van der Waals surface area contributed by atoms with Gasteiger partial charge in [-0.05, 0) is 25.0 Å². The van der Waals surface area contributed by atoms with Gasteiger partial charge in [-0.1, -0.05) is 0 Å². The Labute approximate surface area is 117 Å². The fraction of sp³-hybridized carbons (Fsp3) is 0.538. The molecule has 0 amide bonds. The molecular formula is C13H17FN2O3S. The molecule has 0 aliphatic carbocycles. The molecule has 1 aromatic rings. The maximum Gasteiger partial charge on any atom is 0.246 e. The molecule has 0 saturated carbocycles. The first kappa shape index (κ1) is 13.8. The average molecular weight is 300 g/mol. The Morgan fingerprint density at radius 1 is 1.35 bits per heavy atom. The highest BCUT2D eigenvalue weighted by Gasteiger charge is 2.35. The zero-order chi connectivity index (χ0) is 14.3. The van der Waals surface area contributed by atoms with Crippen LogP contribution in [0.2, 0.25) is 0 Å². The van der Waals surface area contributed by atoms with Gasteiger partial charge in [0.1, 0.15) is 22.6 Å². The number of sulfonamides is 1. The normalized spacial score (nSPS) is 22.8. The average Bonchev–Trinajstić information content (AvgIpc) is 3.06.